The number of rotatable bonds is 7. The highest BCUT2D eigenvalue weighted by molar-refractivity contribution is 5.55. The minimum Gasteiger partial charge on any atom is -0.372 e. The quantitative estimate of drug-likeness (QED) is 0.673. The van der Waals surface area contributed by atoms with Crippen LogP contribution in [-0.4, -0.2) is 13.1 Å². The van der Waals surface area contributed by atoms with Gasteiger partial charge in [-0.3, -0.25) is 0 Å². The fraction of sp³-hybridized carbons (Fsp3) is 0.625. The summed E-state index contributed by atoms with van der Waals surface area (Å²) in [5.74, 6) is 0. The highest BCUT2D eigenvalue weighted by atomic mass is 15.1. The summed E-state index contributed by atoms with van der Waals surface area (Å²) in [6.07, 6.45) is 4.81. The number of aryl methyl sites for hydroxylation is 2. The van der Waals surface area contributed by atoms with Gasteiger partial charge in [0.15, 0.2) is 0 Å². The summed E-state index contributed by atoms with van der Waals surface area (Å²) in [5.41, 5.74) is 4.40. The molecule has 0 fully saturated rings. The van der Waals surface area contributed by atoms with E-state index in [1.165, 1.54) is 36.2 Å². The third-order valence-electron chi connectivity index (χ3n) is 3.44. The van der Waals surface area contributed by atoms with Gasteiger partial charge in [0.25, 0.3) is 0 Å². The second-order valence-electron chi connectivity index (χ2n) is 4.60. The molecule has 0 aliphatic heterocycles. The monoisotopic (exact) mass is 233 g/mol. The minimum atomic E-state index is 1.11. The van der Waals surface area contributed by atoms with Gasteiger partial charge in [-0.1, -0.05) is 39.3 Å². The molecule has 1 nitrogen and oxygen atoms in total. The smallest absolute Gasteiger partial charge is 0.0401 e. The van der Waals surface area contributed by atoms with Crippen LogP contribution >= 0.6 is 0 Å². The van der Waals surface area contributed by atoms with E-state index < -0.39 is 0 Å². The first-order chi connectivity index (χ1) is 8.26. The maximum Gasteiger partial charge on any atom is 0.0401 e. The van der Waals surface area contributed by atoms with Crippen molar-refractivity contribution in [2.75, 3.05) is 18.0 Å². The molecule has 0 amide bonds. The van der Waals surface area contributed by atoms with Crippen LogP contribution in [0.25, 0.3) is 0 Å². The first-order valence-electron chi connectivity index (χ1n) is 7.13. The fourth-order valence-corrected chi connectivity index (χ4v) is 2.22. The van der Waals surface area contributed by atoms with Crippen molar-refractivity contribution in [3.63, 3.8) is 0 Å². The highest BCUT2D eigenvalue weighted by Gasteiger charge is 2.09. The zero-order chi connectivity index (χ0) is 12.7. The number of benzene rings is 1. The van der Waals surface area contributed by atoms with Crippen LogP contribution in [0.2, 0.25) is 0 Å². The number of unbranched alkanes of at least 4 members (excludes halogenated alkanes) is 1. The van der Waals surface area contributed by atoms with Crippen LogP contribution in [0.5, 0.6) is 0 Å². The Labute approximate surface area is 107 Å². The summed E-state index contributed by atoms with van der Waals surface area (Å²) >= 11 is 0. The van der Waals surface area contributed by atoms with Crippen molar-refractivity contribution in [1.82, 2.24) is 0 Å². The number of nitrogens with zero attached hydrogens (tertiary/aromatic N) is 1. The van der Waals surface area contributed by atoms with Gasteiger partial charge in [0.2, 0.25) is 0 Å². The van der Waals surface area contributed by atoms with E-state index in [-0.39, 0.29) is 0 Å². The van der Waals surface area contributed by atoms with Crippen molar-refractivity contribution in [3.8, 4) is 0 Å². The zero-order valence-corrected chi connectivity index (χ0v) is 11.9. The lowest BCUT2D eigenvalue weighted by molar-refractivity contribution is 0.728. The van der Waals surface area contributed by atoms with Crippen LogP contribution in [0.4, 0.5) is 5.69 Å². The minimum absolute atomic E-state index is 1.11. The Morgan fingerprint density at radius 1 is 1.00 bits per heavy atom. The molecule has 17 heavy (non-hydrogen) atoms. The molecule has 1 aromatic carbocycles. The Bertz CT molecular complexity index is 330. The topological polar surface area (TPSA) is 3.24 Å². The van der Waals surface area contributed by atoms with Crippen molar-refractivity contribution < 1.29 is 0 Å². The van der Waals surface area contributed by atoms with Gasteiger partial charge < -0.3 is 4.90 Å². The molecule has 0 saturated carbocycles. The van der Waals surface area contributed by atoms with Gasteiger partial charge in [-0.15, -0.1) is 0 Å². The average molecular weight is 233 g/mol. The molecule has 0 aromatic heterocycles. The highest BCUT2D eigenvalue weighted by Crippen LogP contribution is 2.23. The zero-order valence-electron chi connectivity index (χ0n) is 11.9. The third kappa shape index (κ3) is 3.76. The van der Waals surface area contributed by atoms with Crippen molar-refractivity contribution in [3.05, 3.63) is 29.3 Å². The van der Waals surface area contributed by atoms with Crippen molar-refractivity contribution >= 4 is 5.69 Å². The maximum atomic E-state index is 2.53. The van der Waals surface area contributed by atoms with Gasteiger partial charge in [-0.05, 0) is 43.4 Å². The van der Waals surface area contributed by atoms with Gasteiger partial charge in [0.1, 0.15) is 0 Å². The van der Waals surface area contributed by atoms with Crippen LogP contribution in [0.1, 0.15) is 51.7 Å². The van der Waals surface area contributed by atoms with Gasteiger partial charge >= 0.3 is 0 Å². The van der Waals surface area contributed by atoms with Crippen LogP contribution in [-0.2, 0) is 12.8 Å². The molecule has 1 heteroatoms. The molecule has 0 unspecified atom stereocenters. The predicted octanol–water partition coefficient (Wildman–Crippen LogP) is 4.44. The molecule has 0 N–H and O–H groups in total. The van der Waals surface area contributed by atoms with Crippen LogP contribution in [0.15, 0.2) is 18.2 Å². The molecule has 0 atom stereocenters. The van der Waals surface area contributed by atoms with E-state index in [0.717, 1.165) is 19.4 Å². The summed E-state index contributed by atoms with van der Waals surface area (Å²) in [5, 5.41) is 0. The number of hydrogen-bond acceptors (Lipinski definition) is 1. The Morgan fingerprint density at radius 2 is 1.76 bits per heavy atom. The molecule has 0 bridgehead atoms. The van der Waals surface area contributed by atoms with Crippen molar-refractivity contribution in [2.45, 2.75) is 53.4 Å². The largest absolute Gasteiger partial charge is 0.372 e. The summed E-state index contributed by atoms with van der Waals surface area (Å²) in [6.45, 7) is 11.3. The predicted molar refractivity (Wildman–Crippen MR) is 78.0 cm³/mol. The first kappa shape index (κ1) is 14.1. The average Bonchev–Trinajstić information content (AvgIpc) is 2.39. The summed E-state index contributed by atoms with van der Waals surface area (Å²) in [7, 11) is 0. The summed E-state index contributed by atoms with van der Waals surface area (Å²) < 4.78 is 0. The molecule has 0 aliphatic carbocycles. The van der Waals surface area contributed by atoms with Gasteiger partial charge in [0.05, 0.1) is 0 Å². The lowest BCUT2D eigenvalue weighted by Gasteiger charge is -2.26. The fourth-order valence-electron chi connectivity index (χ4n) is 2.22. The molecular formula is C16H27N. The van der Waals surface area contributed by atoms with E-state index in [4.69, 9.17) is 0 Å². The number of hydrogen-bond donors (Lipinski definition) is 0. The van der Waals surface area contributed by atoms with E-state index in [2.05, 4.69) is 50.8 Å². The molecule has 96 valence electrons. The number of anilines is 1. The van der Waals surface area contributed by atoms with Gasteiger partial charge in [0, 0.05) is 18.8 Å². The van der Waals surface area contributed by atoms with Gasteiger partial charge in [-0.25, -0.2) is 0 Å². The molecule has 0 heterocycles. The van der Waals surface area contributed by atoms with Crippen molar-refractivity contribution in [1.29, 1.82) is 0 Å². The molecule has 0 radical (unpaired) electrons. The SMILES string of the molecule is CCCCN(CC)c1cc(CC)ccc1CC. The molecule has 0 aliphatic rings. The molecular weight excluding hydrogens is 206 g/mol. The third-order valence-corrected chi connectivity index (χ3v) is 3.44. The van der Waals surface area contributed by atoms with Crippen LogP contribution in [0, 0.1) is 0 Å². The molecule has 1 rings (SSSR count). The van der Waals surface area contributed by atoms with E-state index >= 15 is 0 Å². The Hall–Kier alpha value is -0.980. The standard InChI is InChI=1S/C16H27N/c1-5-9-12-17(8-4)16-13-14(6-2)10-11-15(16)7-3/h10-11,13H,5-9,12H2,1-4H3. The van der Waals surface area contributed by atoms with Crippen LogP contribution in [0.3, 0.4) is 0 Å². The first-order valence-corrected chi connectivity index (χ1v) is 7.13. The Kier molecular flexibility index (Phi) is 6.10. The van der Waals surface area contributed by atoms with E-state index in [1.54, 1.807) is 0 Å². The van der Waals surface area contributed by atoms with E-state index in [0.29, 0.717) is 0 Å². The van der Waals surface area contributed by atoms with Crippen LogP contribution < -0.4 is 4.90 Å². The summed E-state index contributed by atoms with van der Waals surface area (Å²) in [4.78, 5) is 2.53. The molecule has 0 spiro atoms. The molecule has 1 aromatic rings. The van der Waals surface area contributed by atoms with E-state index in [9.17, 15) is 0 Å². The Morgan fingerprint density at radius 3 is 2.29 bits per heavy atom. The normalized spacial score (nSPS) is 10.6. The second kappa shape index (κ2) is 7.37. The second-order valence-corrected chi connectivity index (χ2v) is 4.60. The summed E-state index contributed by atoms with van der Waals surface area (Å²) in [6, 6.07) is 6.97. The maximum absolute atomic E-state index is 2.53. The lowest BCUT2D eigenvalue weighted by atomic mass is 10.0. The molecule has 0 saturated heterocycles. The van der Waals surface area contributed by atoms with Crippen molar-refractivity contribution in [2.24, 2.45) is 0 Å². The Balaban J connectivity index is 2.97. The lowest BCUT2D eigenvalue weighted by Crippen LogP contribution is -2.25. The van der Waals surface area contributed by atoms with Gasteiger partial charge in [-0.2, -0.15) is 0 Å². The van der Waals surface area contributed by atoms with E-state index in [1.807, 2.05) is 0 Å².